The molecule has 7 heteroatoms. The molecule has 0 saturated heterocycles. The van der Waals surface area contributed by atoms with Crippen LogP contribution in [0.2, 0.25) is 5.02 Å². The Bertz CT molecular complexity index is 868. The highest BCUT2D eigenvalue weighted by atomic mass is 35.5. The van der Waals surface area contributed by atoms with Crippen LogP contribution in [0.15, 0.2) is 28.3 Å². The number of amidine groups is 1. The summed E-state index contributed by atoms with van der Waals surface area (Å²) in [5.41, 5.74) is 0.0986. The summed E-state index contributed by atoms with van der Waals surface area (Å²) in [7, 11) is 0. The summed E-state index contributed by atoms with van der Waals surface area (Å²) >= 11 is 7.60. The fourth-order valence-corrected chi connectivity index (χ4v) is 4.43. The predicted molar refractivity (Wildman–Crippen MR) is 96.9 cm³/mol. The summed E-state index contributed by atoms with van der Waals surface area (Å²) in [6, 6.07) is 5.54. The minimum Gasteiger partial charge on any atom is -0.298 e. The minimum absolute atomic E-state index is 0.134. The number of thioether (sulfide) groups is 1. The lowest BCUT2D eigenvalue weighted by Gasteiger charge is -2.46. The first-order chi connectivity index (χ1) is 11.5. The first-order valence-corrected chi connectivity index (χ1v) is 9.77. The van der Waals surface area contributed by atoms with Gasteiger partial charge in [0.05, 0.1) is 5.36 Å². The number of carbonyl (C=O) groups excluding carboxylic acids is 1. The molecule has 4 rings (SSSR count). The molecule has 5 nitrogen and oxygen atoms in total. The van der Waals surface area contributed by atoms with E-state index < -0.39 is 5.66 Å². The summed E-state index contributed by atoms with van der Waals surface area (Å²) in [5.74, 6) is 0.417. The Morgan fingerprint density at radius 1 is 1.46 bits per heavy atom. The standard InChI is InChI=1S/C17H19ClN4OS/c1-10-4-3-7-17(9-10)20-13-6-5-11(18)8-12(13)14-15(23)19-16(24-2)21-22(14)17/h5-6,8,10H,3-4,7,9H2,1-2H3,(H,19,21,23). The summed E-state index contributed by atoms with van der Waals surface area (Å²) < 4.78 is 0. The van der Waals surface area contributed by atoms with Crippen molar-refractivity contribution in [3.8, 4) is 0 Å². The van der Waals surface area contributed by atoms with Crippen LogP contribution in [0.3, 0.4) is 0 Å². The third-order valence-corrected chi connectivity index (χ3v) is 5.72. The molecular formula is C17H19ClN4OS. The smallest absolute Gasteiger partial charge is 0.276 e. The van der Waals surface area contributed by atoms with Gasteiger partial charge in [0.25, 0.3) is 5.91 Å². The maximum absolute atomic E-state index is 12.8. The number of hydrazone groups is 1. The number of carbonyl (C=O) groups is 1. The first kappa shape index (κ1) is 16.0. The average molecular weight is 363 g/mol. The predicted octanol–water partition coefficient (Wildman–Crippen LogP) is 2.05. The van der Waals surface area contributed by atoms with E-state index in [2.05, 4.69) is 12.2 Å². The van der Waals surface area contributed by atoms with E-state index in [1.54, 1.807) is 6.07 Å². The normalized spacial score (nSPS) is 28.7. The lowest BCUT2D eigenvalue weighted by atomic mass is 9.81. The lowest BCUT2D eigenvalue weighted by molar-refractivity contribution is -0.116. The molecule has 1 aromatic rings. The quantitative estimate of drug-likeness (QED) is 0.768. The number of halogens is 1. The summed E-state index contributed by atoms with van der Waals surface area (Å²) in [6.07, 6.45) is 5.99. The van der Waals surface area contributed by atoms with Gasteiger partial charge in [-0.2, -0.15) is 0 Å². The van der Waals surface area contributed by atoms with Gasteiger partial charge in [-0.1, -0.05) is 36.7 Å². The molecule has 1 fully saturated rings. The van der Waals surface area contributed by atoms with Gasteiger partial charge in [0.2, 0.25) is 0 Å². The molecule has 2 heterocycles. The van der Waals surface area contributed by atoms with E-state index >= 15 is 0 Å². The number of benzene rings is 1. The van der Waals surface area contributed by atoms with Crippen LogP contribution >= 0.6 is 23.4 Å². The van der Waals surface area contributed by atoms with Crippen molar-refractivity contribution in [2.45, 2.75) is 38.3 Å². The molecule has 126 valence electrons. The molecule has 1 aliphatic carbocycles. The van der Waals surface area contributed by atoms with Gasteiger partial charge in [-0.3, -0.25) is 15.1 Å². The van der Waals surface area contributed by atoms with Crippen LogP contribution in [0, 0.1) is 5.92 Å². The number of hydrogen-bond acceptors (Lipinski definition) is 5. The van der Waals surface area contributed by atoms with E-state index in [1.807, 2.05) is 23.4 Å². The van der Waals surface area contributed by atoms with Gasteiger partial charge in [0, 0.05) is 10.2 Å². The Morgan fingerprint density at radius 3 is 3.04 bits per heavy atom. The van der Waals surface area contributed by atoms with Crippen molar-refractivity contribution >= 4 is 40.1 Å². The van der Waals surface area contributed by atoms with E-state index in [9.17, 15) is 4.79 Å². The molecule has 1 aromatic carbocycles. The molecule has 1 saturated carbocycles. The molecule has 2 atom stereocenters. The maximum Gasteiger partial charge on any atom is 0.276 e. The number of rotatable bonds is 0. The monoisotopic (exact) mass is 362 g/mol. The SMILES string of the molecule is CSC1=NN2C(=c3cc(Cl)ccc3=NC23CCCC(C)C3)C(=O)N1. The Kier molecular flexibility index (Phi) is 3.84. The number of nitrogens with one attached hydrogen (secondary N) is 1. The van der Waals surface area contributed by atoms with Crippen LogP contribution in [0.1, 0.15) is 32.6 Å². The molecule has 1 amide bonds. The summed E-state index contributed by atoms with van der Waals surface area (Å²) in [6.45, 7) is 2.25. The summed E-state index contributed by atoms with van der Waals surface area (Å²) in [5, 5.41) is 12.3. The molecule has 24 heavy (non-hydrogen) atoms. The van der Waals surface area contributed by atoms with Crippen molar-refractivity contribution in [2.24, 2.45) is 16.0 Å². The molecule has 2 unspecified atom stereocenters. The van der Waals surface area contributed by atoms with Crippen LogP contribution in [-0.4, -0.2) is 28.0 Å². The molecular weight excluding hydrogens is 344 g/mol. The highest BCUT2D eigenvalue weighted by molar-refractivity contribution is 8.13. The first-order valence-electron chi connectivity index (χ1n) is 8.16. The van der Waals surface area contributed by atoms with E-state index in [4.69, 9.17) is 21.7 Å². The van der Waals surface area contributed by atoms with E-state index in [-0.39, 0.29) is 5.91 Å². The van der Waals surface area contributed by atoms with Crippen molar-refractivity contribution in [2.75, 3.05) is 6.26 Å². The zero-order chi connectivity index (χ0) is 16.9. The number of amides is 1. The van der Waals surface area contributed by atoms with Crippen LogP contribution in [0.25, 0.3) is 5.70 Å². The Labute approximate surface area is 149 Å². The van der Waals surface area contributed by atoms with Gasteiger partial charge >= 0.3 is 0 Å². The molecule has 0 bridgehead atoms. The van der Waals surface area contributed by atoms with Crippen LogP contribution in [0.4, 0.5) is 0 Å². The lowest BCUT2D eigenvalue weighted by Crippen LogP contribution is -2.59. The number of nitrogens with zero attached hydrogens (tertiary/aromatic N) is 3. The molecule has 0 aromatic heterocycles. The number of fused-ring (bicyclic) bond motifs is 3. The van der Waals surface area contributed by atoms with Crippen LogP contribution in [0.5, 0.6) is 0 Å². The highest BCUT2D eigenvalue weighted by Crippen LogP contribution is 2.41. The van der Waals surface area contributed by atoms with Crippen LogP contribution < -0.4 is 15.9 Å². The van der Waals surface area contributed by atoms with Crippen molar-refractivity contribution in [3.05, 3.63) is 33.8 Å². The van der Waals surface area contributed by atoms with Crippen LogP contribution in [-0.2, 0) is 4.79 Å². The van der Waals surface area contributed by atoms with Crippen molar-refractivity contribution in [1.82, 2.24) is 10.3 Å². The van der Waals surface area contributed by atoms with Gasteiger partial charge in [-0.05, 0) is 49.6 Å². The van der Waals surface area contributed by atoms with Gasteiger partial charge in [-0.25, -0.2) is 5.01 Å². The Morgan fingerprint density at radius 2 is 2.29 bits per heavy atom. The van der Waals surface area contributed by atoms with Crippen molar-refractivity contribution in [3.63, 3.8) is 0 Å². The second kappa shape index (κ2) is 5.77. The average Bonchev–Trinajstić information content (AvgIpc) is 2.55. The summed E-state index contributed by atoms with van der Waals surface area (Å²) in [4.78, 5) is 17.9. The topological polar surface area (TPSA) is 57.1 Å². The second-order valence-corrected chi connectivity index (χ2v) is 7.91. The fourth-order valence-electron chi connectivity index (χ4n) is 3.90. The van der Waals surface area contributed by atoms with E-state index in [0.29, 0.717) is 21.8 Å². The zero-order valence-electron chi connectivity index (χ0n) is 13.7. The molecule has 0 radical (unpaired) electrons. The largest absolute Gasteiger partial charge is 0.298 e. The minimum atomic E-state index is -0.466. The second-order valence-electron chi connectivity index (χ2n) is 6.68. The Balaban J connectivity index is 2.02. The maximum atomic E-state index is 12.8. The molecule has 1 N–H and O–H groups in total. The third-order valence-electron chi connectivity index (χ3n) is 4.92. The van der Waals surface area contributed by atoms with Gasteiger partial charge in [0.1, 0.15) is 5.70 Å². The molecule has 1 spiro atoms. The van der Waals surface area contributed by atoms with E-state index in [1.165, 1.54) is 18.2 Å². The fraction of sp³-hybridized carbons (Fsp3) is 0.471. The number of hydrogen-bond donors (Lipinski definition) is 1. The van der Waals surface area contributed by atoms with Gasteiger partial charge in [0.15, 0.2) is 10.8 Å². The Hall–Kier alpha value is -1.53. The van der Waals surface area contributed by atoms with Gasteiger partial charge < -0.3 is 0 Å². The van der Waals surface area contributed by atoms with Gasteiger partial charge in [-0.15, -0.1) is 5.10 Å². The third kappa shape index (κ3) is 2.43. The molecule has 2 aliphatic heterocycles. The highest BCUT2D eigenvalue weighted by Gasteiger charge is 2.46. The molecule has 3 aliphatic rings. The van der Waals surface area contributed by atoms with Crippen molar-refractivity contribution in [1.29, 1.82) is 0 Å². The van der Waals surface area contributed by atoms with E-state index in [0.717, 1.165) is 29.8 Å². The van der Waals surface area contributed by atoms with Crippen molar-refractivity contribution < 1.29 is 4.79 Å². The zero-order valence-corrected chi connectivity index (χ0v) is 15.2.